The SMILES string of the molecule is COc1cc(C(=O)NCc2ccccc2NC(=O)CC#N)cc(OC)c1OC. The number of nitrogens with zero attached hydrogens (tertiary/aromatic N) is 1. The summed E-state index contributed by atoms with van der Waals surface area (Å²) in [4.78, 5) is 24.3. The number of hydrogen-bond donors (Lipinski definition) is 2. The van der Waals surface area contributed by atoms with Gasteiger partial charge in [0.2, 0.25) is 11.7 Å². The minimum atomic E-state index is -0.411. The highest BCUT2D eigenvalue weighted by Gasteiger charge is 2.17. The molecule has 2 rings (SSSR count). The van der Waals surface area contributed by atoms with Crippen LogP contribution in [0.15, 0.2) is 36.4 Å². The van der Waals surface area contributed by atoms with Gasteiger partial charge in [0, 0.05) is 17.8 Å². The van der Waals surface area contributed by atoms with Gasteiger partial charge in [-0.05, 0) is 23.8 Å². The normalized spacial score (nSPS) is 9.79. The van der Waals surface area contributed by atoms with Gasteiger partial charge in [0.25, 0.3) is 5.91 Å². The molecule has 2 N–H and O–H groups in total. The number of amides is 2. The van der Waals surface area contributed by atoms with Crippen LogP contribution in [0.1, 0.15) is 22.3 Å². The molecule has 28 heavy (non-hydrogen) atoms. The van der Waals surface area contributed by atoms with E-state index in [1.165, 1.54) is 21.3 Å². The first kappa shape index (κ1) is 20.6. The van der Waals surface area contributed by atoms with Crippen LogP contribution < -0.4 is 24.8 Å². The van der Waals surface area contributed by atoms with Crippen molar-refractivity contribution in [3.8, 4) is 23.3 Å². The highest BCUT2D eigenvalue weighted by Crippen LogP contribution is 2.38. The molecule has 0 fully saturated rings. The fourth-order valence-electron chi connectivity index (χ4n) is 2.55. The van der Waals surface area contributed by atoms with E-state index in [1.54, 1.807) is 42.5 Å². The number of carbonyl (C=O) groups is 2. The van der Waals surface area contributed by atoms with Crippen LogP contribution in [0.2, 0.25) is 0 Å². The molecule has 146 valence electrons. The topological polar surface area (TPSA) is 110 Å². The van der Waals surface area contributed by atoms with Gasteiger partial charge in [-0.1, -0.05) is 18.2 Å². The van der Waals surface area contributed by atoms with Crippen LogP contribution in [-0.4, -0.2) is 33.1 Å². The van der Waals surface area contributed by atoms with Crippen molar-refractivity contribution in [2.24, 2.45) is 0 Å². The van der Waals surface area contributed by atoms with Crippen LogP contribution in [0.25, 0.3) is 0 Å². The van der Waals surface area contributed by atoms with Gasteiger partial charge in [0.15, 0.2) is 11.5 Å². The maximum absolute atomic E-state index is 12.6. The fourth-order valence-corrected chi connectivity index (χ4v) is 2.55. The van der Waals surface area contributed by atoms with Gasteiger partial charge in [-0.25, -0.2) is 0 Å². The number of hydrogen-bond acceptors (Lipinski definition) is 6. The van der Waals surface area contributed by atoms with Crippen molar-refractivity contribution in [1.82, 2.24) is 5.32 Å². The Morgan fingerprint density at radius 1 is 1.04 bits per heavy atom. The second-order valence-electron chi connectivity index (χ2n) is 5.64. The van der Waals surface area contributed by atoms with E-state index in [9.17, 15) is 9.59 Å². The van der Waals surface area contributed by atoms with Crippen molar-refractivity contribution in [1.29, 1.82) is 5.26 Å². The van der Waals surface area contributed by atoms with E-state index >= 15 is 0 Å². The van der Waals surface area contributed by atoms with E-state index in [-0.39, 0.29) is 18.9 Å². The lowest BCUT2D eigenvalue weighted by Crippen LogP contribution is -2.24. The average molecular weight is 383 g/mol. The summed E-state index contributed by atoms with van der Waals surface area (Å²) >= 11 is 0. The van der Waals surface area contributed by atoms with Crippen molar-refractivity contribution in [2.75, 3.05) is 26.6 Å². The van der Waals surface area contributed by atoms with Crippen LogP contribution in [0, 0.1) is 11.3 Å². The molecule has 0 aliphatic rings. The third kappa shape index (κ3) is 4.92. The van der Waals surface area contributed by atoms with Gasteiger partial charge < -0.3 is 24.8 Å². The molecule has 0 aliphatic carbocycles. The molecule has 0 saturated carbocycles. The maximum atomic E-state index is 12.6. The van der Waals surface area contributed by atoms with E-state index in [1.807, 2.05) is 0 Å². The lowest BCUT2D eigenvalue weighted by Gasteiger charge is -2.15. The van der Waals surface area contributed by atoms with Crippen molar-refractivity contribution in [2.45, 2.75) is 13.0 Å². The smallest absolute Gasteiger partial charge is 0.251 e. The first-order chi connectivity index (χ1) is 13.5. The molecule has 2 aromatic rings. The zero-order valence-electron chi connectivity index (χ0n) is 15.9. The summed E-state index contributed by atoms with van der Waals surface area (Å²) in [6.07, 6.45) is -0.244. The van der Waals surface area contributed by atoms with Gasteiger partial charge in [-0.2, -0.15) is 5.26 Å². The summed E-state index contributed by atoms with van der Waals surface area (Å²) in [5, 5.41) is 14.1. The number of nitriles is 1. The minimum Gasteiger partial charge on any atom is -0.493 e. The molecular weight excluding hydrogens is 362 g/mol. The molecule has 0 unspecified atom stereocenters. The average Bonchev–Trinajstić information content (AvgIpc) is 2.71. The van der Waals surface area contributed by atoms with Gasteiger partial charge in [0.1, 0.15) is 6.42 Å². The molecule has 2 amide bonds. The lowest BCUT2D eigenvalue weighted by molar-refractivity contribution is -0.115. The van der Waals surface area contributed by atoms with Gasteiger partial charge >= 0.3 is 0 Å². The minimum absolute atomic E-state index is 0.179. The standard InChI is InChI=1S/C20H21N3O5/c1-26-16-10-14(11-17(27-2)19(16)28-3)20(25)22-12-13-6-4-5-7-15(13)23-18(24)8-9-21/h4-7,10-11H,8,12H2,1-3H3,(H,22,25)(H,23,24). The molecule has 0 saturated heterocycles. The Bertz CT molecular complexity index is 880. The predicted octanol–water partition coefficient (Wildman–Crippen LogP) is 2.49. The molecule has 8 heteroatoms. The number of benzene rings is 2. The molecule has 0 bridgehead atoms. The number of anilines is 1. The van der Waals surface area contributed by atoms with Gasteiger partial charge in [-0.3, -0.25) is 9.59 Å². The number of para-hydroxylation sites is 1. The first-order valence-corrected chi connectivity index (χ1v) is 8.37. The van der Waals surface area contributed by atoms with E-state index < -0.39 is 5.91 Å². The summed E-state index contributed by atoms with van der Waals surface area (Å²) in [5.41, 5.74) is 1.57. The molecule has 0 aromatic heterocycles. The lowest BCUT2D eigenvalue weighted by atomic mass is 10.1. The summed E-state index contributed by atoms with van der Waals surface area (Å²) in [6, 6.07) is 11.9. The van der Waals surface area contributed by atoms with Gasteiger partial charge in [-0.15, -0.1) is 0 Å². The van der Waals surface area contributed by atoms with Crippen LogP contribution in [0.4, 0.5) is 5.69 Å². The molecular formula is C20H21N3O5. The monoisotopic (exact) mass is 383 g/mol. The van der Waals surface area contributed by atoms with Crippen molar-refractivity contribution in [3.05, 3.63) is 47.5 Å². The van der Waals surface area contributed by atoms with E-state index in [0.717, 1.165) is 0 Å². The number of methoxy groups -OCH3 is 3. The molecule has 0 aliphatic heterocycles. The molecule has 2 aromatic carbocycles. The Labute approximate surface area is 163 Å². The molecule has 8 nitrogen and oxygen atoms in total. The van der Waals surface area contributed by atoms with Crippen molar-refractivity contribution >= 4 is 17.5 Å². The quantitative estimate of drug-likeness (QED) is 0.725. The van der Waals surface area contributed by atoms with Gasteiger partial charge in [0.05, 0.1) is 27.4 Å². The Kier molecular flexibility index (Phi) is 7.22. The molecule has 0 atom stereocenters. The van der Waals surface area contributed by atoms with E-state index in [4.69, 9.17) is 19.5 Å². The fraction of sp³-hybridized carbons (Fsp3) is 0.250. The first-order valence-electron chi connectivity index (χ1n) is 8.37. The highest BCUT2D eigenvalue weighted by molar-refractivity contribution is 5.96. The number of nitrogens with one attached hydrogen (secondary N) is 2. The largest absolute Gasteiger partial charge is 0.493 e. The van der Waals surface area contributed by atoms with E-state index in [0.29, 0.717) is 34.1 Å². The van der Waals surface area contributed by atoms with Crippen LogP contribution in [-0.2, 0) is 11.3 Å². The molecule has 0 heterocycles. The zero-order valence-corrected chi connectivity index (χ0v) is 15.9. The summed E-state index contributed by atoms with van der Waals surface area (Å²) in [5.74, 6) is 0.378. The van der Waals surface area contributed by atoms with Crippen molar-refractivity contribution < 1.29 is 23.8 Å². The Morgan fingerprint density at radius 3 is 2.25 bits per heavy atom. The molecule has 0 spiro atoms. The van der Waals surface area contributed by atoms with Crippen LogP contribution in [0.3, 0.4) is 0 Å². The Morgan fingerprint density at radius 2 is 1.68 bits per heavy atom. The number of rotatable bonds is 8. The van der Waals surface area contributed by atoms with E-state index in [2.05, 4.69) is 10.6 Å². The second-order valence-corrected chi connectivity index (χ2v) is 5.64. The highest BCUT2D eigenvalue weighted by atomic mass is 16.5. The predicted molar refractivity (Wildman–Crippen MR) is 103 cm³/mol. The zero-order chi connectivity index (χ0) is 20.5. The Balaban J connectivity index is 2.17. The van der Waals surface area contributed by atoms with Crippen molar-refractivity contribution in [3.63, 3.8) is 0 Å². The number of carbonyl (C=O) groups excluding carboxylic acids is 2. The maximum Gasteiger partial charge on any atom is 0.251 e. The van der Waals surface area contributed by atoms with Crippen LogP contribution >= 0.6 is 0 Å². The second kappa shape index (κ2) is 9.83. The third-order valence-electron chi connectivity index (χ3n) is 3.90. The molecule has 0 radical (unpaired) electrons. The summed E-state index contributed by atoms with van der Waals surface area (Å²) in [6.45, 7) is 0.179. The Hall–Kier alpha value is -3.73. The van der Waals surface area contributed by atoms with Crippen LogP contribution in [0.5, 0.6) is 17.2 Å². The summed E-state index contributed by atoms with van der Waals surface area (Å²) in [7, 11) is 4.43. The number of ether oxygens (including phenoxy) is 3. The third-order valence-corrected chi connectivity index (χ3v) is 3.90. The summed E-state index contributed by atoms with van der Waals surface area (Å²) < 4.78 is 15.8.